The minimum atomic E-state index is -1.32. The van der Waals surface area contributed by atoms with Crippen LogP contribution in [0.15, 0.2) is 30.6 Å². The van der Waals surface area contributed by atoms with Gasteiger partial charge in [-0.2, -0.15) is 5.10 Å². The number of hydrogen-bond acceptors (Lipinski definition) is 6. The zero-order valence-corrected chi connectivity index (χ0v) is 20.0. The molecule has 11 heteroatoms. The van der Waals surface area contributed by atoms with Gasteiger partial charge in [-0.05, 0) is 24.5 Å². The van der Waals surface area contributed by atoms with E-state index < -0.39 is 5.41 Å². The van der Waals surface area contributed by atoms with Gasteiger partial charge in [0.2, 0.25) is 23.5 Å². The molecule has 1 saturated carbocycles. The monoisotopic (exact) mass is 498 g/mol. The summed E-state index contributed by atoms with van der Waals surface area (Å²) in [6.45, 7) is 1.33. The predicted molar refractivity (Wildman–Crippen MR) is 125 cm³/mol. The molecule has 0 bridgehead atoms. The van der Waals surface area contributed by atoms with Crippen molar-refractivity contribution in [3.63, 3.8) is 0 Å². The van der Waals surface area contributed by atoms with E-state index in [0.717, 1.165) is 25.7 Å². The lowest BCUT2D eigenvalue weighted by Crippen LogP contribution is -2.52. The fraction of sp³-hybridized carbons (Fsp3) is 0.500. The van der Waals surface area contributed by atoms with E-state index in [0.29, 0.717) is 36.8 Å². The number of nitrogens with zero attached hydrogens (tertiary/aromatic N) is 5. The van der Waals surface area contributed by atoms with Crippen molar-refractivity contribution in [3.05, 3.63) is 47.0 Å². The number of aromatic nitrogens is 3. The lowest BCUT2D eigenvalue weighted by atomic mass is 9.75. The third-order valence-electron chi connectivity index (χ3n) is 7.42. The summed E-state index contributed by atoms with van der Waals surface area (Å²) in [5, 5.41) is 6.64. The molecule has 0 unspecified atom stereocenters. The molecule has 2 aliphatic heterocycles. The van der Waals surface area contributed by atoms with Crippen LogP contribution in [0.5, 0.6) is 0 Å². The highest BCUT2D eigenvalue weighted by atomic mass is 35.5. The number of amides is 4. The first kappa shape index (κ1) is 23.5. The SMILES string of the molecule is O=C(C[C@]1(c2ccccc2Cl)CC(=O)N(C2CCCC2)C1=O)N1CCN(C(=O)c2ncn[nH]2)CC1. The van der Waals surface area contributed by atoms with Crippen LogP contribution >= 0.6 is 11.6 Å². The summed E-state index contributed by atoms with van der Waals surface area (Å²) in [5.41, 5.74) is -0.796. The summed E-state index contributed by atoms with van der Waals surface area (Å²) in [7, 11) is 0. The van der Waals surface area contributed by atoms with Gasteiger partial charge in [-0.3, -0.25) is 29.2 Å². The number of halogens is 1. The van der Waals surface area contributed by atoms with Gasteiger partial charge in [0.1, 0.15) is 6.33 Å². The third kappa shape index (κ3) is 4.20. The molecule has 0 radical (unpaired) electrons. The van der Waals surface area contributed by atoms with Crippen molar-refractivity contribution < 1.29 is 19.2 Å². The Hall–Kier alpha value is -3.27. The topological polar surface area (TPSA) is 120 Å². The van der Waals surface area contributed by atoms with Crippen molar-refractivity contribution in [2.75, 3.05) is 26.2 Å². The molecule has 184 valence electrons. The number of nitrogens with one attached hydrogen (secondary N) is 1. The lowest BCUT2D eigenvalue weighted by molar-refractivity contribution is -0.145. The highest BCUT2D eigenvalue weighted by molar-refractivity contribution is 6.32. The second kappa shape index (κ2) is 9.41. The third-order valence-corrected chi connectivity index (χ3v) is 7.75. The van der Waals surface area contributed by atoms with Crippen molar-refractivity contribution in [1.29, 1.82) is 0 Å². The molecule has 3 fully saturated rings. The summed E-state index contributed by atoms with van der Waals surface area (Å²) in [6.07, 6.45) is 4.63. The summed E-state index contributed by atoms with van der Waals surface area (Å²) >= 11 is 6.52. The number of carbonyl (C=O) groups is 4. The Bertz CT molecular complexity index is 1140. The summed E-state index contributed by atoms with van der Waals surface area (Å²) < 4.78 is 0. The van der Waals surface area contributed by atoms with Crippen LogP contribution in [-0.2, 0) is 19.8 Å². The Kier molecular flexibility index (Phi) is 6.31. The zero-order valence-electron chi connectivity index (χ0n) is 19.3. The van der Waals surface area contributed by atoms with Gasteiger partial charge >= 0.3 is 0 Å². The highest BCUT2D eigenvalue weighted by Crippen LogP contribution is 2.45. The number of benzene rings is 1. The minimum Gasteiger partial charge on any atom is -0.339 e. The van der Waals surface area contributed by atoms with Gasteiger partial charge < -0.3 is 9.80 Å². The first-order valence-corrected chi connectivity index (χ1v) is 12.3. The van der Waals surface area contributed by atoms with Crippen molar-refractivity contribution in [1.82, 2.24) is 29.9 Å². The standard InChI is InChI=1S/C24H27ClN6O4/c25-18-8-4-3-7-17(18)24(14-20(33)31(23(24)35)16-5-1-2-6-16)13-19(32)29-9-11-30(12-10-29)22(34)21-26-15-27-28-21/h3-4,7-8,15-16H,1-2,5-6,9-14H2,(H,26,27,28)/t24-/m1/s1. The smallest absolute Gasteiger partial charge is 0.291 e. The molecule has 1 aromatic carbocycles. The Labute approximate surface area is 207 Å². The number of carbonyl (C=O) groups excluding carboxylic acids is 4. The number of piperazine rings is 1. The summed E-state index contributed by atoms with van der Waals surface area (Å²) in [4.78, 5) is 61.6. The lowest BCUT2D eigenvalue weighted by Gasteiger charge is -2.36. The fourth-order valence-electron chi connectivity index (χ4n) is 5.57. The van der Waals surface area contributed by atoms with Gasteiger partial charge in [0.15, 0.2) is 0 Å². The first-order chi connectivity index (χ1) is 16.9. The summed E-state index contributed by atoms with van der Waals surface area (Å²) in [6, 6.07) is 6.86. The van der Waals surface area contributed by atoms with Crippen LogP contribution in [0.25, 0.3) is 0 Å². The van der Waals surface area contributed by atoms with Crippen LogP contribution in [0.4, 0.5) is 0 Å². The predicted octanol–water partition coefficient (Wildman–Crippen LogP) is 1.77. The fourth-order valence-corrected chi connectivity index (χ4v) is 5.89. The molecule has 3 heterocycles. The van der Waals surface area contributed by atoms with Gasteiger partial charge in [-0.15, -0.1) is 0 Å². The maximum absolute atomic E-state index is 13.9. The van der Waals surface area contributed by atoms with Crippen molar-refractivity contribution in [2.24, 2.45) is 0 Å². The number of aromatic amines is 1. The molecule has 35 heavy (non-hydrogen) atoms. The van der Waals surface area contributed by atoms with Crippen molar-refractivity contribution >= 4 is 35.2 Å². The molecule has 1 N–H and O–H groups in total. The molecule has 10 nitrogen and oxygen atoms in total. The van der Waals surface area contributed by atoms with E-state index in [9.17, 15) is 19.2 Å². The van der Waals surface area contributed by atoms with Crippen LogP contribution in [0, 0.1) is 0 Å². The summed E-state index contributed by atoms with van der Waals surface area (Å²) in [5.74, 6) is -0.909. The minimum absolute atomic E-state index is 0.0677. The Morgan fingerprint density at radius 1 is 1.06 bits per heavy atom. The van der Waals surface area contributed by atoms with E-state index in [1.165, 1.54) is 11.2 Å². The molecular formula is C24H27ClN6O4. The van der Waals surface area contributed by atoms with Gasteiger partial charge in [0, 0.05) is 50.1 Å². The van der Waals surface area contributed by atoms with Gasteiger partial charge in [-0.25, -0.2) is 4.98 Å². The molecule has 5 rings (SSSR count). The number of likely N-dealkylation sites (tertiary alicyclic amines) is 1. The molecule has 1 atom stereocenters. The largest absolute Gasteiger partial charge is 0.339 e. The maximum Gasteiger partial charge on any atom is 0.291 e. The molecule has 0 spiro atoms. The second-order valence-electron chi connectivity index (χ2n) is 9.43. The first-order valence-electron chi connectivity index (χ1n) is 11.9. The van der Waals surface area contributed by atoms with Crippen LogP contribution in [0.2, 0.25) is 5.02 Å². The molecule has 2 aromatic rings. The average molecular weight is 499 g/mol. The molecular weight excluding hydrogens is 472 g/mol. The van der Waals surface area contributed by atoms with Crippen LogP contribution < -0.4 is 0 Å². The molecule has 2 saturated heterocycles. The number of imide groups is 1. The highest BCUT2D eigenvalue weighted by Gasteiger charge is 2.56. The van der Waals surface area contributed by atoms with E-state index in [1.807, 2.05) is 0 Å². The number of hydrogen-bond donors (Lipinski definition) is 1. The maximum atomic E-state index is 13.9. The van der Waals surface area contributed by atoms with Crippen LogP contribution in [-0.4, -0.2) is 85.7 Å². The molecule has 3 aliphatic rings. The van der Waals surface area contributed by atoms with E-state index in [4.69, 9.17) is 11.6 Å². The number of H-pyrrole nitrogens is 1. The second-order valence-corrected chi connectivity index (χ2v) is 9.84. The quantitative estimate of drug-likeness (QED) is 0.627. The average Bonchev–Trinajstić information content (AvgIpc) is 3.62. The zero-order chi connectivity index (χ0) is 24.6. The normalized spacial score (nSPS) is 23.4. The van der Waals surface area contributed by atoms with E-state index in [2.05, 4.69) is 15.2 Å². The van der Waals surface area contributed by atoms with Gasteiger partial charge in [0.25, 0.3) is 5.91 Å². The van der Waals surface area contributed by atoms with Gasteiger partial charge in [0.05, 0.1) is 5.41 Å². The van der Waals surface area contributed by atoms with Crippen LogP contribution in [0.1, 0.15) is 54.7 Å². The van der Waals surface area contributed by atoms with Crippen molar-refractivity contribution in [2.45, 2.75) is 50.0 Å². The Balaban J connectivity index is 1.36. The van der Waals surface area contributed by atoms with E-state index in [1.54, 1.807) is 34.1 Å². The van der Waals surface area contributed by atoms with Gasteiger partial charge in [-0.1, -0.05) is 42.6 Å². The Morgan fingerprint density at radius 3 is 2.40 bits per heavy atom. The molecule has 1 aromatic heterocycles. The molecule has 4 amide bonds. The Morgan fingerprint density at radius 2 is 1.74 bits per heavy atom. The van der Waals surface area contributed by atoms with E-state index in [-0.39, 0.29) is 48.3 Å². The number of rotatable bonds is 5. The van der Waals surface area contributed by atoms with E-state index >= 15 is 0 Å². The van der Waals surface area contributed by atoms with Crippen LogP contribution in [0.3, 0.4) is 0 Å². The molecule has 1 aliphatic carbocycles. The van der Waals surface area contributed by atoms with Crippen molar-refractivity contribution in [3.8, 4) is 0 Å².